The Hall–Kier alpha value is -3.16. The summed E-state index contributed by atoms with van der Waals surface area (Å²) in [4.78, 5) is 23.9. The lowest BCUT2D eigenvalue weighted by Gasteiger charge is -2.28. The van der Waals surface area contributed by atoms with Crippen LogP contribution in [0.5, 0.6) is 0 Å². The number of carbonyl (C=O) groups is 2. The SMILES string of the molecule is CCCCCCCCCC=CC=CC=CC=CC=CC=CC(=O)[C@]1([C@@H](O)CO)OC(=O)C(O)=C1O. The fraction of sp³-hybridized carbons (Fsp3) is 0.429. The van der Waals surface area contributed by atoms with Crippen molar-refractivity contribution in [2.75, 3.05) is 6.61 Å². The molecule has 1 aliphatic heterocycles. The van der Waals surface area contributed by atoms with Gasteiger partial charge >= 0.3 is 5.97 Å². The van der Waals surface area contributed by atoms with Gasteiger partial charge in [0.05, 0.1) is 6.61 Å². The Kier molecular flexibility index (Phi) is 14.8. The van der Waals surface area contributed by atoms with Crippen molar-refractivity contribution in [2.24, 2.45) is 0 Å². The van der Waals surface area contributed by atoms with Gasteiger partial charge in [-0.2, -0.15) is 0 Å². The maximum absolute atomic E-state index is 12.4. The van der Waals surface area contributed by atoms with Crippen molar-refractivity contribution in [1.82, 2.24) is 0 Å². The molecule has 4 N–H and O–H groups in total. The van der Waals surface area contributed by atoms with Crippen LogP contribution in [-0.2, 0) is 14.3 Å². The molecule has 0 bridgehead atoms. The largest absolute Gasteiger partial charge is 0.504 e. The molecular weight excluding hydrogens is 448 g/mol. The van der Waals surface area contributed by atoms with Crippen LogP contribution < -0.4 is 0 Å². The summed E-state index contributed by atoms with van der Waals surface area (Å²) in [5.41, 5.74) is -2.56. The third kappa shape index (κ3) is 9.92. The van der Waals surface area contributed by atoms with Gasteiger partial charge in [0.25, 0.3) is 5.60 Å². The number of unbranched alkanes of at least 4 members (excludes halogenated alkanes) is 7. The molecule has 0 spiro atoms. The molecule has 0 aromatic rings. The van der Waals surface area contributed by atoms with Crippen LogP contribution >= 0.6 is 0 Å². The number of hydrogen-bond acceptors (Lipinski definition) is 7. The molecule has 1 aliphatic rings. The summed E-state index contributed by atoms with van der Waals surface area (Å²) in [6.07, 6.45) is 29.2. The molecule has 192 valence electrons. The summed E-state index contributed by atoms with van der Waals surface area (Å²) < 4.78 is 4.70. The normalized spacial score (nSPS) is 20.1. The number of aliphatic hydroxyl groups is 4. The molecule has 0 radical (unpaired) electrons. The quantitative estimate of drug-likeness (QED) is 0.0986. The van der Waals surface area contributed by atoms with Crippen molar-refractivity contribution in [3.05, 3.63) is 84.4 Å². The van der Waals surface area contributed by atoms with Crippen LogP contribution in [0.4, 0.5) is 0 Å². The van der Waals surface area contributed by atoms with Gasteiger partial charge < -0.3 is 25.2 Å². The molecule has 0 aromatic heterocycles. The standard InChI is InChI=1S/C28H38O7/c1-2-3-4-5-6-7-8-9-10-11-12-13-14-15-16-17-18-19-20-21-23(30)28(24(31)22-29)26(33)25(32)27(34)35-28/h10-21,24,29,31-33H,2-9,22H2,1H3/t24-,28+/m0/s1. The number of ether oxygens (including phenoxy) is 1. The number of esters is 1. The zero-order valence-electron chi connectivity index (χ0n) is 20.4. The Morgan fingerprint density at radius 3 is 1.89 bits per heavy atom. The second-order valence-electron chi connectivity index (χ2n) is 8.12. The fourth-order valence-corrected chi connectivity index (χ4v) is 3.38. The first-order valence-electron chi connectivity index (χ1n) is 12.1. The molecule has 7 heteroatoms. The smallest absolute Gasteiger partial charge is 0.378 e. The van der Waals surface area contributed by atoms with E-state index >= 15 is 0 Å². The van der Waals surface area contributed by atoms with Crippen molar-refractivity contribution < 1.29 is 34.8 Å². The minimum atomic E-state index is -2.56. The van der Waals surface area contributed by atoms with Gasteiger partial charge in [0, 0.05) is 0 Å². The van der Waals surface area contributed by atoms with Gasteiger partial charge in [-0.25, -0.2) is 4.79 Å². The summed E-state index contributed by atoms with van der Waals surface area (Å²) in [6, 6.07) is 0. The number of carbonyl (C=O) groups excluding carboxylic acids is 2. The van der Waals surface area contributed by atoms with E-state index in [0.29, 0.717) is 0 Å². The van der Waals surface area contributed by atoms with Crippen molar-refractivity contribution in [2.45, 2.75) is 70.0 Å². The first-order chi connectivity index (χ1) is 16.9. The molecule has 2 atom stereocenters. The van der Waals surface area contributed by atoms with E-state index in [1.807, 2.05) is 30.4 Å². The first-order valence-corrected chi connectivity index (χ1v) is 12.1. The van der Waals surface area contributed by atoms with E-state index < -0.39 is 41.6 Å². The van der Waals surface area contributed by atoms with Crippen LogP contribution in [0.1, 0.15) is 58.3 Å². The molecule has 1 heterocycles. The Morgan fingerprint density at radius 1 is 0.857 bits per heavy atom. The number of rotatable bonds is 17. The van der Waals surface area contributed by atoms with Gasteiger partial charge in [-0.15, -0.1) is 0 Å². The molecule has 0 aromatic carbocycles. The second-order valence-corrected chi connectivity index (χ2v) is 8.12. The van der Waals surface area contributed by atoms with Crippen LogP contribution in [0.3, 0.4) is 0 Å². The van der Waals surface area contributed by atoms with E-state index in [0.717, 1.165) is 12.5 Å². The first kappa shape index (κ1) is 29.9. The Balaban J connectivity index is 2.37. The van der Waals surface area contributed by atoms with Gasteiger partial charge in [0.2, 0.25) is 11.5 Å². The molecule has 1 rings (SSSR count). The topological polar surface area (TPSA) is 124 Å². The summed E-state index contributed by atoms with van der Waals surface area (Å²) >= 11 is 0. The summed E-state index contributed by atoms with van der Waals surface area (Å²) in [7, 11) is 0. The molecular formula is C28H38O7. The lowest BCUT2D eigenvalue weighted by molar-refractivity contribution is -0.170. The summed E-state index contributed by atoms with van der Waals surface area (Å²) in [5.74, 6) is -4.68. The number of aliphatic hydroxyl groups excluding tert-OH is 4. The Morgan fingerprint density at radius 2 is 1.37 bits per heavy atom. The molecule has 0 aliphatic carbocycles. The molecule has 0 saturated carbocycles. The van der Waals surface area contributed by atoms with Crippen LogP contribution in [0.2, 0.25) is 0 Å². The molecule has 0 unspecified atom stereocenters. The van der Waals surface area contributed by atoms with E-state index in [2.05, 4.69) is 13.0 Å². The van der Waals surface area contributed by atoms with E-state index in [1.165, 1.54) is 57.1 Å². The highest BCUT2D eigenvalue weighted by molar-refractivity contribution is 6.06. The zero-order chi connectivity index (χ0) is 25.9. The van der Waals surface area contributed by atoms with Gasteiger partial charge in [0.15, 0.2) is 5.76 Å². The lowest BCUT2D eigenvalue weighted by atomic mass is 9.89. The number of allylic oxidation sites excluding steroid dienone is 11. The highest BCUT2D eigenvalue weighted by Gasteiger charge is 2.58. The van der Waals surface area contributed by atoms with E-state index in [-0.39, 0.29) is 0 Å². The lowest BCUT2D eigenvalue weighted by Crippen LogP contribution is -2.52. The number of ketones is 1. The van der Waals surface area contributed by atoms with E-state index in [4.69, 9.17) is 9.84 Å². The van der Waals surface area contributed by atoms with Crippen molar-refractivity contribution in [1.29, 1.82) is 0 Å². The monoisotopic (exact) mass is 486 g/mol. The minimum absolute atomic E-state index is 0.961. The maximum Gasteiger partial charge on any atom is 0.378 e. The Bertz CT molecular complexity index is 874. The fourth-order valence-electron chi connectivity index (χ4n) is 3.38. The van der Waals surface area contributed by atoms with Gasteiger partial charge in [-0.05, 0) is 18.9 Å². The molecule has 7 nitrogen and oxygen atoms in total. The maximum atomic E-state index is 12.4. The van der Waals surface area contributed by atoms with Crippen LogP contribution in [0.25, 0.3) is 0 Å². The number of hydrogen-bond donors (Lipinski definition) is 4. The van der Waals surface area contributed by atoms with Crippen LogP contribution in [-0.4, -0.2) is 50.5 Å². The predicted molar refractivity (Wildman–Crippen MR) is 137 cm³/mol. The van der Waals surface area contributed by atoms with Gasteiger partial charge in [-0.1, -0.05) is 112 Å². The predicted octanol–water partition coefficient (Wildman–Crippen LogP) is 5.01. The van der Waals surface area contributed by atoms with E-state index in [1.54, 1.807) is 18.2 Å². The molecule has 0 saturated heterocycles. The molecule has 0 fully saturated rings. The van der Waals surface area contributed by atoms with Gasteiger partial charge in [0.1, 0.15) is 6.10 Å². The van der Waals surface area contributed by atoms with Crippen molar-refractivity contribution in [3.8, 4) is 0 Å². The third-order valence-electron chi connectivity index (χ3n) is 5.39. The molecule has 0 amide bonds. The highest BCUT2D eigenvalue weighted by atomic mass is 16.6. The summed E-state index contributed by atoms with van der Waals surface area (Å²) in [6.45, 7) is 1.26. The van der Waals surface area contributed by atoms with Crippen molar-refractivity contribution in [3.63, 3.8) is 0 Å². The van der Waals surface area contributed by atoms with E-state index in [9.17, 15) is 24.9 Å². The average Bonchev–Trinajstić information content (AvgIpc) is 3.09. The van der Waals surface area contributed by atoms with Gasteiger partial charge in [-0.3, -0.25) is 4.79 Å². The summed E-state index contributed by atoms with van der Waals surface area (Å²) in [5, 5.41) is 38.5. The van der Waals surface area contributed by atoms with Crippen molar-refractivity contribution >= 4 is 11.8 Å². The average molecular weight is 487 g/mol. The number of cyclic esters (lactones) is 1. The highest BCUT2D eigenvalue weighted by Crippen LogP contribution is 2.34. The molecule has 35 heavy (non-hydrogen) atoms. The zero-order valence-corrected chi connectivity index (χ0v) is 20.4. The Labute approximate surface area is 207 Å². The minimum Gasteiger partial charge on any atom is -0.504 e. The van der Waals surface area contributed by atoms with Crippen LogP contribution in [0.15, 0.2) is 84.4 Å². The van der Waals surface area contributed by atoms with Crippen LogP contribution in [0, 0.1) is 0 Å². The second kappa shape index (κ2) is 17.3. The third-order valence-corrected chi connectivity index (χ3v) is 5.39.